The SMILES string of the molecule is CCc1nc(C)ccc1Oc1c(Cl)cccc1CC(C)N. The molecule has 0 fully saturated rings. The maximum Gasteiger partial charge on any atom is 0.149 e. The Morgan fingerprint density at radius 2 is 2.05 bits per heavy atom. The van der Waals surface area contributed by atoms with E-state index in [1.807, 2.05) is 44.2 Å². The fourth-order valence-electron chi connectivity index (χ4n) is 2.23. The molecule has 0 saturated carbocycles. The van der Waals surface area contributed by atoms with Gasteiger partial charge >= 0.3 is 0 Å². The quantitative estimate of drug-likeness (QED) is 0.896. The average molecular weight is 305 g/mol. The zero-order chi connectivity index (χ0) is 15.4. The summed E-state index contributed by atoms with van der Waals surface area (Å²) < 4.78 is 6.07. The number of nitrogens with two attached hydrogens (primary N) is 1. The van der Waals surface area contributed by atoms with Gasteiger partial charge in [0.05, 0.1) is 10.7 Å². The van der Waals surface area contributed by atoms with E-state index in [4.69, 9.17) is 22.1 Å². The second-order valence-corrected chi connectivity index (χ2v) is 5.67. The van der Waals surface area contributed by atoms with Crippen molar-refractivity contribution in [2.45, 2.75) is 39.7 Å². The van der Waals surface area contributed by atoms with Crippen LogP contribution in [0.5, 0.6) is 11.5 Å². The molecule has 3 nitrogen and oxygen atoms in total. The van der Waals surface area contributed by atoms with E-state index in [9.17, 15) is 0 Å². The van der Waals surface area contributed by atoms with Gasteiger partial charge in [-0.1, -0.05) is 30.7 Å². The summed E-state index contributed by atoms with van der Waals surface area (Å²) in [4.78, 5) is 4.52. The summed E-state index contributed by atoms with van der Waals surface area (Å²) in [6.07, 6.45) is 1.53. The molecule has 2 aromatic rings. The lowest BCUT2D eigenvalue weighted by Gasteiger charge is -2.16. The van der Waals surface area contributed by atoms with Gasteiger partial charge in [-0.3, -0.25) is 4.98 Å². The molecule has 0 radical (unpaired) electrons. The molecule has 1 aromatic carbocycles. The van der Waals surface area contributed by atoms with Gasteiger partial charge in [-0.15, -0.1) is 0 Å². The molecular formula is C17H21ClN2O. The van der Waals surface area contributed by atoms with Gasteiger partial charge in [0, 0.05) is 11.7 Å². The number of hydrogen-bond donors (Lipinski definition) is 1. The van der Waals surface area contributed by atoms with Crippen molar-refractivity contribution < 1.29 is 4.74 Å². The van der Waals surface area contributed by atoms with E-state index in [-0.39, 0.29) is 6.04 Å². The van der Waals surface area contributed by atoms with Crippen LogP contribution in [0.25, 0.3) is 0 Å². The van der Waals surface area contributed by atoms with Crippen molar-refractivity contribution in [1.29, 1.82) is 0 Å². The lowest BCUT2D eigenvalue weighted by Crippen LogP contribution is -2.18. The minimum atomic E-state index is 0.0487. The number of rotatable bonds is 5. The predicted octanol–water partition coefficient (Wildman–Crippen LogP) is 4.29. The van der Waals surface area contributed by atoms with Crippen LogP contribution in [0.15, 0.2) is 30.3 Å². The summed E-state index contributed by atoms with van der Waals surface area (Å²) in [5.41, 5.74) is 8.83. The second-order valence-electron chi connectivity index (χ2n) is 5.26. The number of aromatic nitrogens is 1. The first kappa shape index (κ1) is 15.8. The predicted molar refractivity (Wildman–Crippen MR) is 87.2 cm³/mol. The number of pyridine rings is 1. The molecule has 1 unspecified atom stereocenters. The Labute approximate surface area is 131 Å². The summed E-state index contributed by atoms with van der Waals surface area (Å²) in [5.74, 6) is 1.43. The standard InChI is InChI=1S/C17H21ClN2O/c1-4-15-16(9-8-12(3)20-15)21-17-13(10-11(2)19)6-5-7-14(17)18/h5-9,11H,4,10,19H2,1-3H3. The van der Waals surface area contributed by atoms with Crippen molar-refractivity contribution >= 4 is 11.6 Å². The van der Waals surface area contributed by atoms with E-state index >= 15 is 0 Å². The molecule has 2 rings (SSSR count). The number of hydrogen-bond acceptors (Lipinski definition) is 3. The third-order valence-electron chi connectivity index (χ3n) is 3.21. The fourth-order valence-corrected chi connectivity index (χ4v) is 2.46. The van der Waals surface area contributed by atoms with Crippen LogP contribution >= 0.6 is 11.6 Å². The number of nitrogens with zero attached hydrogens (tertiary/aromatic N) is 1. The van der Waals surface area contributed by atoms with Gasteiger partial charge in [-0.25, -0.2) is 0 Å². The summed E-state index contributed by atoms with van der Waals surface area (Å²) in [5, 5.41) is 0.593. The van der Waals surface area contributed by atoms with Crippen molar-refractivity contribution in [2.24, 2.45) is 5.73 Å². The number of ether oxygens (including phenoxy) is 1. The summed E-state index contributed by atoms with van der Waals surface area (Å²) >= 11 is 6.30. The molecule has 0 aliphatic rings. The highest BCUT2D eigenvalue weighted by Crippen LogP contribution is 2.34. The Hall–Kier alpha value is -1.58. The van der Waals surface area contributed by atoms with Crippen LogP contribution in [-0.4, -0.2) is 11.0 Å². The van der Waals surface area contributed by atoms with Gasteiger partial charge in [-0.05, 0) is 50.5 Å². The summed E-state index contributed by atoms with van der Waals surface area (Å²) in [6.45, 7) is 6.00. The van der Waals surface area contributed by atoms with E-state index in [1.54, 1.807) is 0 Å². The van der Waals surface area contributed by atoms with E-state index < -0.39 is 0 Å². The maximum atomic E-state index is 6.30. The van der Waals surface area contributed by atoms with Crippen LogP contribution in [0.4, 0.5) is 0 Å². The Morgan fingerprint density at radius 1 is 1.29 bits per heavy atom. The smallest absolute Gasteiger partial charge is 0.149 e. The van der Waals surface area contributed by atoms with E-state index in [1.165, 1.54) is 0 Å². The zero-order valence-electron chi connectivity index (χ0n) is 12.7. The summed E-state index contributed by atoms with van der Waals surface area (Å²) in [7, 11) is 0. The first-order chi connectivity index (χ1) is 10.0. The molecule has 1 heterocycles. The highest BCUT2D eigenvalue weighted by molar-refractivity contribution is 6.32. The first-order valence-corrected chi connectivity index (χ1v) is 7.56. The molecule has 0 amide bonds. The molecule has 0 aliphatic carbocycles. The Kier molecular flexibility index (Phi) is 5.21. The van der Waals surface area contributed by atoms with Crippen molar-refractivity contribution in [3.05, 3.63) is 52.3 Å². The minimum absolute atomic E-state index is 0.0487. The van der Waals surface area contributed by atoms with Gasteiger partial charge in [0.2, 0.25) is 0 Å². The lowest BCUT2D eigenvalue weighted by atomic mass is 10.1. The highest BCUT2D eigenvalue weighted by atomic mass is 35.5. The Morgan fingerprint density at radius 3 is 2.71 bits per heavy atom. The van der Waals surface area contributed by atoms with Crippen LogP contribution < -0.4 is 10.5 Å². The largest absolute Gasteiger partial charge is 0.454 e. The normalized spacial score (nSPS) is 12.2. The monoisotopic (exact) mass is 304 g/mol. The number of para-hydroxylation sites is 1. The molecule has 1 atom stereocenters. The molecule has 0 bridgehead atoms. The van der Waals surface area contributed by atoms with Crippen molar-refractivity contribution in [3.63, 3.8) is 0 Å². The molecule has 112 valence electrons. The zero-order valence-corrected chi connectivity index (χ0v) is 13.4. The van der Waals surface area contributed by atoms with E-state index in [2.05, 4.69) is 11.9 Å². The number of halogens is 1. The number of benzene rings is 1. The van der Waals surface area contributed by atoms with Crippen molar-refractivity contribution in [1.82, 2.24) is 4.98 Å². The third kappa shape index (κ3) is 3.96. The Balaban J connectivity index is 2.39. The molecule has 0 saturated heterocycles. The molecule has 21 heavy (non-hydrogen) atoms. The van der Waals surface area contributed by atoms with Crippen LogP contribution in [-0.2, 0) is 12.8 Å². The van der Waals surface area contributed by atoms with Crippen LogP contribution in [0, 0.1) is 6.92 Å². The minimum Gasteiger partial charge on any atom is -0.454 e. The summed E-state index contributed by atoms with van der Waals surface area (Å²) in [6, 6.07) is 9.68. The number of aryl methyl sites for hydroxylation is 2. The highest BCUT2D eigenvalue weighted by Gasteiger charge is 2.13. The van der Waals surface area contributed by atoms with Crippen LogP contribution in [0.1, 0.15) is 30.8 Å². The third-order valence-corrected chi connectivity index (χ3v) is 3.51. The van der Waals surface area contributed by atoms with Gasteiger partial charge in [0.1, 0.15) is 11.5 Å². The van der Waals surface area contributed by atoms with Crippen molar-refractivity contribution in [2.75, 3.05) is 0 Å². The molecular weight excluding hydrogens is 284 g/mol. The molecule has 0 aliphatic heterocycles. The van der Waals surface area contributed by atoms with E-state index in [0.29, 0.717) is 10.8 Å². The average Bonchev–Trinajstić information content (AvgIpc) is 2.43. The second kappa shape index (κ2) is 6.92. The van der Waals surface area contributed by atoms with Crippen LogP contribution in [0.2, 0.25) is 5.02 Å². The van der Waals surface area contributed by atoms with Crippen molar-refractivity contribution in [3.8, 4) is 11.5 Å². The molecule has 2 N–H and O–H groups in total. The van der Waals surface area contributed by atoms with Gasteiger partial charge < -0.3 is 10.5 Å². The van der Waals surface area contributed by atoms with Gasteiger partial charge in [-0.2, -0.15) is 0 Å². The maximum absolute atomic E-state index is 6.30. The van der Waals surface area contributed by atoms with Gasteiger partial charge in [0.25, 0.3) is 0 Å². The van der Waals surface area contributed by atoms with E-state index in [0.717, 1.165) is 35.5 Å². The topological polar surface area (TPSA) is 48.1 Å². The molecule has 0 spiro atoms. The lowest BCUT2D eigenvalue weighted by molar-refractivity contribution is 0.465. The first-order valence-electron chi connectivity index (χ1n) is 7.18. The Bertz CT molecular complexity index is 626. The molecule has 4 heteroatoms. The fraction of sp³-hybridized carbons (Fsp3) is 0.353. The van der Waals surface area contributed by atoms with Gasteiger partial charge in [0.15, 0.2) is 0 Å². The molecule has 1 aromatic heterocycles. The van der Waals surface area contributed by atoms with Crippen LogP contribution in [0.3, 0.4) is 0 Å².